The van der Waals surface area contributed by atoms with Gasteiger partial charge in [0.25, 0.3) is 5.91 Å². The molecule has 2 aromatic carbocycles. The van der Waals surface area contributed by atoms with Crippen molar-refractivity contribution in [2.45, 2.75) is 31.7 Å². The summed E-state index contributed by atoms with van der Waals surface area (Å²) in [6.07, 6.45) is 3.95. The molecule has 4 aromatic rings. The first kappa shape index (κ1) is 22.8. The predicted molar refractivity (Wildman–Crippen MR) is 128 cm³/mol. The van der Waals surface area contributed by atoms with Crippen LogP contribution in [0.25, 0.3) is 21.9 Å². The molecule has 0 bridgehead atoms. The first-order valence-corrected chi connectivity index (χ1v) is 11.4. The number of carboxylic acid groups (broad SMARTS) is 1. The molecule has 1 amide bonds. The van der Waals surface area contributed by atoms with E-state index in [-0.39, 0.29) is 28.6 Å². The molecule has 5 rings (SSSR count). The number of H-pyrrole nitrogens is 1. The third-order valence-corrected chi connectivity index (χ3v) is 6.49. The largest absolute Gasteiger partial charge is 0.508 e. The first-order valence-electron chi connectivity index (χ1n) is 11.0. The van der Waals surface area contributed by atoms with Crippen molar-refractivity contribution in [2.75, 3.05) is 6.61 Å². The summed E-state index contributed by atoms with van der Waals surface area (Å²) in [5, 5.41) is 23.5. The zero-order valence-electron chi connectivity index (χ0n) is 18.4. The fourth-order valence-corrected chi connectivity index (χ4v) is 4.75. The van der Waals surface area contributed by atoms with Gasteiger partial charge in [-0.15, -0.1) is 0 Å². The highest BCUT2D eigenvalue weighted by molar-refractivity contribution is 6.32. The van der Waals surface area contributed by atoms with Crippen molar-refractivity contribution in [1.82, 2.24) is 10.3 Å². The topological polar surface area (TPSA) is 142 Å². The van der Waals surface area contributed by atoms with Crippen LogP contribution < -0.4 is 15.7 Å². The van der Waals surface area contributed by atoms with E-state index in [0.29, 0.717) is 28.5 Å². The smallest absolute Gasteiger partial charge is 0.339 e. The summed E-state index contributed by atoms with van der Waals surface area (Å²) in [6.45, 7) is -0.487. The Morgan fingerprint density at radius 3 is 2.77 bits per heavy atom. The Bertz CT molecular complexity index is 1540. The van der Waals surface area contributed by atoms with Crippen LogP contribution in [0, 0.1) is 0 Å². The van der Waals surface area contributed by atoms with Gasteiger partial charge in [-0.25, -0.2) is 9.59 Å². The summed E-state index contributed by atoms with van der Waals surface area (Å²) in [4.78, 5) is 39.5. The lowest BCUT2D eigenvalue weighted by molar-refractivity contribution is -0.142. The maximum Gasteiger partial charge on any atom is 0.339 e. The number of aryl methyl sites for hydroxylation is 1. The standard InChI is InChI=1S/C25H21ClN2O7/c26-18-8-17-14-2-1-3-15(14)25(33)35-21(17)9-22(18)34-11-23(30)28-20(24(31)32)6-12-10-27-19-5-4-13(29)7-16(12)19/h4-5,7-10,20,27,29H,1-3,6,11H2,(H,28,30)(H,31,32)/t20-/m1/s1. The van der Waals surface area contributed by atoms with E-state index in [0.717, 1.165) is 29.3 Å². The summed E-state index contributed by atoms with van der Waals surface area (Å²) in [6, 6.07) is 6.63. The molecule has 0 radical (unpaired) electrons. The molecule has 2 aromatic heterocycles. The highest BCUT2D eigenvalue weighted by atomic mass is 35.5. The Morgan fingerprint density at radius 2 is 1.97 bits per heavy atom. The minimum absolute atomic E-state index is 0.00246. The number of hydrogen-bond acceptors (Lipinski definition) is 6. The molecule has 1 atom stereocenters. The molecule has 0 fully saturated rings. The van der Waals surface area contributed by atoms with Crippen LogP contribution in [0.2, 0.25) is 5.02 Å². The van der Waals surface area contributed by atoms with Crippen molar-refractivity contribution in [3.63, 3.8) is 0 Å². The number of benzene rings is 2. The highest BCUT2D eigenvalue weighted by Gasteiger charge is 2.24. The number of fused-ring (bicyclic) bond motifs is 4. The van der Waals surface area contributed by atoms with Gasteiger partial charge >= 0.3 is 11.6 Å². The number of hydrogen-bond donors (Lipinski definition) is 4. The average molecular weight is 497 g/mol. The molecule has 1 aliphatic rings. The average Bonchev–Trinajstić information content (AvgIpc) is 3.46. The van der Waals surface area contributed by atoms with E-state index in [1.807, 2.05) is 0 Å². The molecule has 10 heteroatoms. The third-order valence-electron chi connectivity index (χ3n) is 6.19. The summed E-state index contributed by atoms with van der Waals surface area (Å²) in [5.74, 6) is -1.68. The second kappa shape index (κ2) is 8.99. The van der Waals surface area contributed by atoms with Crippen molar-refractivity contribution in [2.24, 2.45) is 0 Å². The van der Waals surface area contributed by atoms with Gasteiger partial charge < -0.3 is 29.7 Å². The number of aromatic hydroxyl groups is 1. The number of rotatable bonds is 7. The molecule has 4 N–H and O–H groups in total. The van der Waals surface area contributed by atoms with Crippen molar-refractivity contribution in [3.8, 4) is 11.5 Å². The zero-order chi connectivity index (χ0) is 24.7. The van der Waals surface area contributed by atoms with Crippen LogP contribution in [0.1, 0.15) is 23.1 Å². The van der Waals surface area contributed by atoms with E-state index in [1.54, 1.807) is 18.3 Å². The van der Waals surface area contributed by atoms with Gasteiger partial charge in [0.15, 0.2) is 6.61 Å². The Kier molecular flexibility index (Phi) is 5.86. The van der Waals surface area contributed by atoms with Gasteiger partial charge in [0.05, 0.1) is 5.02 Å². The number of aromatic nitrogens is 1. The van der Waals surface area contributed by atoms with Crippen LogP contribution in [-0.4, -0.2) is 39.7 Å². The summed E-state index contributed by atoms with van der Waals surface area (Å²) in [5.41, 5.74) is 2.90. The number of carboxylic acids is 1. The molecule has 0 saturated heterocycles. The SMILES string of the molecule is O=C(COc1cc2oc(=O)c3c(c2cc1Cl)CCC3)N[C@H](Cc1c[nH]c2ccc(O)cc12)C(=O)O. The Balaban J connectivity index is 1.29. The zero-order valence-corrected chi connectivity index (χ0v) is 19.1. The second-order valence-electron chi connectivity index (χ2n) is 8.47. The third kappa shape index (κ3) is 4.42. The summed E-state index contributed by atoms with van der Waals surface area (Å²) in [7, 11) is 0. The summed E-state index contributed by atoms with van der Waals surface area (Å²) >= 11 is 6.35. The number of carbonyl (C=O) groups excluding carboxylic acids is 1. The van der Waals surface area contributed by atoms with Crippen LogP contribution >= 0.6 is 11.6 Å². The Labute approximate surface area is 203 Å². The van der Waals surface area contributed by atoms with Gasteiger partial charge in [-0.1, -0.05) is 11.6 Å². The number of ether oxygens (including phenoxy) is 1. The van der Waals surface area contributed by atoms with E-state index in [9.17, 15) is 24.6 Å². The predicted octanol–water partition coefficient (Wildman–Crippen LogP) is 3.31. The number of amides is 1. The molecule has 0 spiro atoms. The van der Waals surface area contributed by atoms with Crippen LogP contribution in [0.4, 0.5) is 0 Å². The minimum atomic E-state index is -1.22. The monoisotopic (exact) mass is 496 g/mol. The molecule has 1 aliphatic carbocycles. The van der Waals surface area contributed by atoms with E-state index in [1.165, 1.54) is 18.2 Å². The number of phenolic OH excluding ortho intramolecular Hbond substituents is 1. The number of aliphatic carboxylic acids is 1. The Morgan fingerprint density at radius 1 is 1.17 bits per heavy atom. The van der Waals surface area contributed by atoms with Gasteiger partial charge in [0, 0.05) is 40.5 Å². The number of carbonyl (C=O) groups is 2. The van der Waals surface area contributed by atoms with E-state index in [4.69, 9.17) is 20.8 Å². The van der Waals surface area contributed by atoms with Crippen molar-refractivity contribution >= 4 is 45.3 Å². The van der Waals surface area contributed by atoms with Crippen LogP contribution in [0.15, 0.2) is 45.7 Å². The van der Waals surface area contributed by atoms with E-state index >= 15 is 0 Å². The van der Waals surface area contributed by atoms with Gasteiger partial charge in [-0.2, -0.15) is 0 Å². The van der Waals surface area contributed by atoms with Crippen LogP contribution in [0.3, 0.4) is 0 Å². The lowest BCUT2D eigenvalue weighted by Gasteiger charge is -2.15. The quantitative estimate of drug-likeness (QED) is 0.287. The number of aromatic amines is 1. The van der Waals surface area contributed by atoms with Crippen LogP contribution in [-0.2, 0) is 28.9 Å². The minimum Gasteiger partial charge on any atom is -0.508 e. The lowest BCUT2D eigenvalue weighted by Crippen LogP contribution is -2.44. The fourth-order valence-electron chi connectivity index (χ4n) is 4.53. The second-order valence-corrected chi connectivity index (χ2v) is 8.88. The Hall–Kier alpha value is -3.98. The van der Waals surface area contributed by atoms with Crippen LogP contribution in [0.5, 0.6) is 11.5 Å². The molecule has 35 heavy (non-hydrogen) atoms. The first-order chi connectivity index (χ1) is 16.8. The van der Waals surface area contributed by atoms with Gasteiger partial charge in [-0.05, 0) is 54.7 Å². The number of phenols is 1. The molecule has 180 valence electrons. The molecule has 0 unspecified atom stereocenters. The maximum atomic E-state index is 12.5. The fraction of sp³-hybridized carbons (Fsp3) is 0.240. The number of halogens is 1. The lowest BCUT2D eigenvalue weighted by atomic mass is 10.0. The van der Waals surface area contributed by atoms with E-state index in [2.05, 4.69) is 10.3 Å². The van der Waals surface area contributed by atoms with Crippen molar-refractivity contribution < 1.29 is 29.0 Å². The maximum absolute atomic E-state index is 12.5. The van der Waals surface area contributed by atoms with Crippen molar-refractivity contribution in [3.05, 3.63) is 68.7 Å². The highest BCUT2D eigenvalue weighted by Crippen LogP contribution is 2.34. The van der Waals surface area contributed by atoms with Gasteiger partial charge in [-0.3, -0.25) is 4.79 Å². The van der Waals surface area contributed by atoms with Gasteiger partial charge in [0.2, 0.25) is 0 Å². The summed E-state index contributed by atoms with van der Waals surface area (Å²) < 4.78 is 10.9. The molecule has 9 nitrogen and oxygen atoms in total. The van der Waals surface area contributed by atoms with Crippen molar-refractivity contribution in [1.29, 1.82) is 0 Å². The molecular formula is C25H21ClN2O7. The molecule has 0 saturated carbocycles. The number of nitrogens with one attached hydrogen (secondary N) is 2. The molecule has 2 heterocycles. The molecule has 0 aliphatic heterocycles. The normalized spacial score (nSPS) is 13.6. The van der Waals surface area contributed by atoms with E-state index < -0.39 is 24.5 Å². The molecular weight excluding hydrogens is 476 g/mol. The van der Waals surface area contributed by atoms with Gasteiger partial charge in [0.1, 0.15) is 23.1 Å².